The number of halogens is 1. The average molecular weight is 416 g/mol. The van der Waals surface area contributed by atoms with Crippen molar-refractivity contribution in [3.05, 3.63) is 60.5 Å². The standard InChI is InChI=1S/C14H9FN2.Ir/c15-11-7-5-10(6-8-11)14-9-16-12-3-1-2-4-13(12)17-14;/h1-9H;. The molecule has 91 valence electrons. The fourth-order valence-corrected chi connectivity index (χ4v) is 1.72. The molecule has 3 aromatic rings. The Kier molecular flexibility index (Phi) is 3.80. The van der Waals surface area contributed by atoms with Crippen molar-refractivity contribution in [2.45, 2.75) is 0 Å². The van der Waals surface area contributed by atoms with Crippen molar-refractivity contribution in [1.82, 2.24) is 9.97 Å². The Morgan fingerprint density at radius 3 is 2.22 bits per heavy atom. The summed E-state index contributed by atoms with van der Waals surface area (Å²) in [5.41, 5.74) is 3.32. The fourth-order valence-electron chi connectivity index (χ4n) is 1.72. The maximum atomic E-state index is 12.8. The number of benzene rings is 2. The third-order valence-corrected chi connectivity index (χ3v) is 2.59. The van der Waals surface area contributed by atoms with Crippen LogP contribution in [0.15, 0.2) is 54.7 Å². The summed E-state index contributed by atoms with van der Waals surface area (Å²) < 4.78 is 12.8. The Bertz CT molecular complexity index is 668. The number of fused-ring (bicyclic) bond motifs is 1. The molecule has 0 aliphatic carbocycles. The summed E-state index contributed by atoms with van der Waals surface area (Å²) in [6.07, 6.45) is 1.70. The van der Waals surface area contributed by atoms with Gasteiger partial charge in [-0.15, -0.1) is 0 Å². The molecule has 1 heterocycles. The summed E-state index contributed by atoms with van der Waals surface area (Å²) in [6, 6.07) is 13.9. The molecule has 0 aliphatic heterocycles. The molecule has 0 saturated heterocycles. The van der Waals surface area contributed by atoms with Crippen LogP contribution in [-0.4, -0.2) is 9.97 Å². The van der Waals surface area contributed by atoms with Crippen molar-refractivity contribution >= 4 is 11.0 Å². The van der Waals surface area contributed by atoms with Gasteiger partial charge in [-0.1, -0.05) is 12.1 Å². The maximum absolute atomic E-state index is 12.8. The van der Waals surface area contributed by atoms with Crippen LogP contribution in [0.2, 0.25) is 0 Å². The average Bonchev–Trinajstić information content (AvgIpc) is 2.39. The van der Waals surface area contributed by atoms with E-state index in [2.05, 4.69) is 9.97 Å². The van der Waals surface area contributed by atoms with E-state index in [1.54, 1.807) is 18.3 Å². The van der Waals surface area contributed by atoms with E-state index in [0.717, 1.165) is 22.3 Å². The van der Waals surface area contributed by atoms with Crippen LogP contribution in [0.25, 0.3) is 22.3 Å². The molecule has 1 aromatic heterocycles. The number of hydrogen-bond acceptors (Lipinski definition) is 2. The van der Waals surface area contributed by atoms with Gasteiger partial charge in [0.1, 0.15) is 5.82 Å². The SMILES string of the molecule is Fc1ccc(-c2cnc3ccccc3n2)cc1.[Ir]. The Balaban J connectivity index is 0.00000120. The third kappa shape index (κ3) is 2.45. The number of hydrogen-bond donors (Lipinski definition) is 0. The van der Waals surface area contributed by atoms with Crippen LogP contribution in [0.1, 0.15) is 0 Å². The van der Waals surface area contributed by atoms with Gasteiger partial charge in [0.2, 0.25) is 0 Å². The van der Waals surface area contributed by atoms with E-state index < -0.39 is 0 Å². The Morgan fingerprint density at radius 1 is 0.833 bits per heavy atom. The number of aromatic nitrogens is 2. The molecular formula is C14H9FIrN2. The van der Waals surface area contributed by atoms with E-state index in [1.807, 2.05) is 24.3 Å². The molecule has 1 radical (unpaired) electrons. The molecule has 0 bridgehead atoms. The molecule has 0 amide bonds. The van der Waals surface area contributed by atoms with Crippen LogP contribution in [0.5, 0.6) is 0 Å². The van der Waals surface area contributed by atoms with Crippen molar-refractivity contribution in [3.63, 3.8) is 0 Å². The van der Waals surface area contributed by atoms with Crippen LogP contribution in [0.4, 0.5) is 4.39 Å². The van der Waals surface area contributed by atoms with Gasteiger partial charge in [0.05, 0.1) is 22.9 Å². The number of rotatable bonds is 1. The van der Waals surface area contributed by atoms with Gasteiger partial charge in [0.25, 0.3) is 0 Å². The van der Waals surface area contributed by atoms with E-state index >= 15 is 0 Å². The van der Waals surface area contributed by atoms with Gasteiger partial charge >= 0.3 is 0 Å². The monoisotopic (exact) mass is 417 g/mol. The van der Waals surface area contributed by atoms with Crippen molar-refractivity contribution < 1.29 is 24.5 Å². The van der Waals surface area contributed by atoms with E-state index in [-0.39, 0.29) is 25.9 Å². The topological polar surface area (TPSA) is 25.8 Å². The molecule has 0 N–H and O–H groups in total. The Labute approximate surface area is 117 Å². The van der Waals surface area contributed by atoms with Gasteiger partial charge in [-0.3, -0.25) is 4.98 Å². The van der Waals surface area contributed by atoms with Crippen molar-refractivity contribution in [2.75, 3.05) is 0 Å². The molecule has 4 heteroatoms. The van der Waals surface area contributed by atoms with Crippen molar-refractivity contribution in [2.24, 2.45) is 0 Å². The van der Waals surface area contributed by atoms with Crippen LogP contribution < -0.4 is 0 Å². The minimum atomic E-state index is -0.248. The summed E-state index contributed by atoms with van der Waals surface area (Å²) in [5.74, 6) is -0.248. The first-order valence-electron chi connectivity index (χ1n) is 5.31. The smallest absolute Gasteiger partial charge is 0.123 e. The van der Waals surface area contributed by atoms with Gasteiger partial charge < -0.3 is 0 Å². The zero-order valence-corrected chi connectivity index (χ0v) is 11.7. The molecule has 0 fully saturated rings. The van der Waals surface area contributed by atoms with Gasteiger partial charge in [-0.25, -0.2) is 9.37 Å². The minimum absolute atomic E-state index is 0. The molecule has 3 rings (SSSR count). The van der Waals surface area contributed by atoms with Crippen LogP contribution in [-0.2, 0) is 20.1 Å². The first-order valence-corrected chi connectivity index (χ1v) is 5.31. The molecule has 0 aliphatic rings. The number of nitrogens with zero attached hydrogens (tertiary/aromatic N) is 2. The van der Waals surface area contributed by atoms with E-state index in [4.69, 9.17) is 0 Å². The molecule has 0 spiro atoms. The molecule has 0 atom stereocenters. The maximum Gasteiger partial charge on any atom is 0.123 e. The zero-order chi connectivity index (χ0) is 11.7. The quantitative estimate of drug-likeness (QED) is 0.608. The Hall–Kier alpha value is -1.64. The van der Waals surface area contributed by atoms with Gasteiger partial charge in [-0.2, -0.15) is 0 Å². The van der Waals surface area contributed by atoms with E-state index in [1.165, 1.54) is 12.1 Å². The predicted octanol–water partition coefficient (Wildman–Crippen LogP) is 3.43. The molecule has 18 heavy (non-hydrogen) atoms. The zero-order valence-electron chi connectivity index (χ0n) is 9.30. The van der Waals surface area contributed by atoms with Gasteiger partial charge in [0, 0.05) is 25.7 Å². The summed E-state index contributed by atoms with van der Waals surface area (Å²) in [6.45, 7) is 0. The summed E-state index contributed by atoms with van der Waals surface area (Å²) >= 11 is 0. The summed E-state index contributed by atoms with van der Waals surface area (Å²) in [5, 5.41) is 0. The third-order valence-electron chi connectivity index (χ3n) is 2.59. The second-order valence-electron chi connectivity index (χ2n) is 3.75. The van der Waals surface area contributed by atoms with Crippen molar-refractivity contribution in [1.29, 1.82) is 0 Å². The molecule has 0 unspecified atom stereocenters. The first kappa shape index (κ1) is 12.8. The van der Waals surface area contributed by atoms with Gasteiger partial charge in [-0.05, 0) is 36.4 Å². The van der Waals surface area contributed by atoms with Crippen molar-refractivity contribution in [3.8, 4) is 11.3 Å². The molecule has 0 saturated carbocycles. The summed E-state index contributed by atoms with van der Waals surface area (Å²) in [7, 11) is 0. The van der Waals surface area contributed by atoms with Crippen LogP contribution in [0.3, 0.4) is 0 Å². The Morgan fingerprint density at radius 2 is 1.50 bits per heavy atom. The second kappa shape index (κ2) is 5.34. The fraction of sp³-hybridized carbons (Fsp3) is 0. The van der Waals surface area contributed by atoms with E-state index in [0.29, 0.717) is 0 Å². The van der Waals surface area contributed by atoms with Gasteiger partial charge in [0.15, 0.2) is 0 Å². The first-order chi connectivity index (χ1) is 8.33. The van der Waals surface area contributed by atoms with Crippen LogP contribution >= 0.6 is 0 Å². The van der Waals surface area contributed by atoms with Crippen LogP contribution in [0, 0.1) is 5.82 Å². The van der Waals surface area contributed by atoms with E-state index in [9.17, 15) is 4.39 Å². The molecular weight excluding hydrogens is 407 g/mol. The molecule has 2 nitrogen and oxygen atoms in total. The molecule has 2 aromatic carbocycles. The minimum Gasteiger partial charge on any atom is -0.252 e. The largest absolute Gasteiger partial charge is 0.252 e. The second-order valence-corrected chi connectivity index (χ2v) is 3.75. The predicted molar refractivity (Wildman–Crippen MR) is 64.9 cm³/mol. The summed E-state index contributed by atoms with van der Waals surface area (Å²) in [4.78, 5) is 8.81. The normalized spacial score (nSPS) is 10.1. The number of para-hydroxylation sites is 2.